The van der Waals surface area contributed by atoms with Crippen molar-refractivity contribution >= 4 is 17.6 Å². The van der Waals surface area contributed by atoms with Crippen molar-refractivity contribution < 1.29 is 24.0 Å². The molecular formula is C13H15NO6. The van der Waals surface area contributed by atoms with Crippen molar-refractivity contribution in [2.45, 2.75) is 18.8 Å². The Bertz CT molecular complexity index is 513. The summed E-state index contributed by atoms with van der Waals surface area (Å²) in [6.07, 6.45) is 0.0620. The second kappa shape index (κ2) is 7.22. The lowest BCUT2D eigenvalue weighted by molar-refractivity contribution is -0.385. The standard InChI is InChI=1S/C13H15NO6/c1-19-12(15)8-7-10(13(16)20-2)9-5-3-4-6-11(9)14(17)18/h3-6,10H,7-8H2,1-2H3. The summed E-state index contributed by atoms with van der Waals surface area (Å²) in [7, 11) is 2.43. The number of rotatable bonds is 6. The highest BCUT2D eigenvalue weighted by Crippen LogP contribution is 2.30. The maximum atomic E-state index is 11.8. The molecule has 0 spiro atoms. The molecule has 0 aliphatic rings. The molecule has 0 amide bonds. The number of carbonyl (C=O) groups is 2. The molecule has 7 heteroatoms. The highest BCUT2D eigenvalue weighted by atomic mass is 16.6. The summed E-state index contributed by atoms with van der Waals surface area (Å²) < 4.78 is 9.16. The Morgan fingerprint density at radius 1 is 1.25 bits per heavy atom. The van der Waals surface area contributed by atoms with Crippen molar-refractivity contribution in [3.63, 3.8) is 0 Å². The van der Waals surface area contributed by atoms with Gasteiger partial charge in [0.15, 0.2) is 0 Å². The van der Waals surface area contributed by atoms with Gasteiger partial charge in [0, 0.05) is 18.1 Å². The number of methoxy groups -OCH3 is 2. The minimum atomic E-state index is -0.874. The van der Waals surface area contributed by atoms with E-state index in [1.54, 1.807) is 6.07 Å². The molecule has 0 N–H and O–H groups in total. The Hall–Kier alpha value is -2.44. The monoisotopic (exact) mass is 281 g/mol. The quantitative estimate of drug-likeness (QED) is 0.448. The zero-order valence-corrected chi connectivity index (χ0v) is 11.2. The van der Waals surface area contributed by atoms with E-state index in [2.05, 4.69) is 9.47 Å². The van der Waals surface area contributed by atoms with Crippen LogP contribution in [0.2, 0.25) is 0 Å². The zero-order chi connectivity index (χ0) is 15.1. The number of ether oxygens (including phenoxy) is 2. The summed E-state index contributed by atoms with van der Waals surface area (Å²) in [5.41, 5.74) is 0.0565. The topological polar surface area (TPSA) is 95.7 Å². The van der Waals surface area contributed by atoms with Crippen molar-refractivity contribution in [2.75, 3.05) is 14.2 Å². The van der Waals surface area contributed by atoms with Crippen LogP contribution < -0.4 is 0 Å². The predicted octanol–water partition coefficient (Wildman–Crippen LogP) is 1.80. The first-order valence-electron chi connectivity index (χ1n) is 5.89. The van der Waals surface area contributed by atoms with Crippen LogP contribution in [-0.4, -0.2) is 31.1 Å². The number of hydrogen-bond donors (Lipinski definition) is 0. The summed E-state index contributed by atoms with van der Waals surface area (Å²) in [5, 5.41) is 11.0. The number of nitrogens with zero attached hydrogens (tertiary/aromatic N) is 1. The van der Waals surface area contributed by atoms with Crippen LogP contribution in [0.1, 0.15) is 24.3 Å². The molecule has 0 aliphatic heterocycles. The molecule has 0 radical (unpaired) electrons. The smallest absolute Gasteiger partial charge is 0.313 e. The fraction of sp³-hybridized carbons (Fsp3) is 0.385. The van der Waals surface area contributed by atoms with Crippen molar-refractivity contribution in [1.82, 2.24) is 0 Å². The summed E-state index contributed by atoms with van der Waals surface area (Å²) in [4.78, 5) is 33.4. The minimum Gasteiger partial charge on any atom is -0.469 e. The SMILES string of the molecule is COC(=O)CCC(C(=O)OC)c1ccccc1[N+](=O)[O-]. The van der Waals surface area contributed by atoms with Crippen LogP contribution in [0.4, 0.5) is 5.69 Å². The molecule has 0 saturated carbocycles. The van der Waals surface area contributed by atoms with Gasteiger partial charge in [0.2, 0.25) is 0 Å². The molecule has 1 aromatic carbocycles. The molecule has 1 unspecified atom stereocenters. The normalized spacial score (nSPS) is 11.5. The third kappa shape index (κ3) is 3.78. The van der Waals surface area contributed by atoms with E-state index in [4.69, 9.17) is 0 Å². The highest BCUT2D eigenvalue weighted by molar-refractivity contribution is 5.80. The third-order valence-corrected chi connectivity index (χ3v) is 2.86. The Morgan fingerprint density at radius 2 is 1.90 bits per heavy atom. The van der Waals surface area contributed by atoms with Crippen LogP contribution in [0.5, 0.6) is 0 Å². The Balaban J connectivity index is 3.08. The summed E-state index contributed by atoms with van der Waals surface area (Å²) in [6, 6.07) is 5.90. The van der Waals surface area contributed by atoms with Crippen LogP contribution in [0, 0.1) is 10.1 Å². The van der Waals surface area contributed by atoms with E-state index in [1.807, 2.05) is 0 Å². The Kier molecular flexibility index (Phi) is 5.64. The van der Waals surface area contributed by atoms with Gasteiger partial charge in [0.25, 0.3) is 5.69 Å². The van der Waals surface area contributed by atoms with E-state index >= 15 is 0 Å². The van der Waals surface area contributed by atoms with Gasteiger partial charge in [0.1, 0.15) is 0 Å². The minimum absolute atomic E-state index is 0.0255. The van der Waals surface area contributed by atoms with Gasteiger partial charge in [-0.2, -0.15) is 0 Å². The van der Waals surface area contributed by atoms with Crippen molar-refractivity contribution in [3.8, 4) is 0 Å². The Morgan fingerprint density at radius 3 is 2.45 bits per heavy atom. The van der Waals surface area contributed by atoms with Crippen LogP contribution in [0.25, 0.3) is 0 Å². The first kappa shape index (κ1) is 15.6. The van der Waals surface area contributed by atoms with Crippen molar-refractivity contribution in [3.05, 3.63) is 39.9 Å². The summed E-state index contributed by atoms with van der Waals surface area (Å²) >= 11 is 0. The second-order valence-electron chi connectivity index (χ2n) is 4.01. The average Bonchev–Trinajstić information content (AvgIpc) is 2.47. The number of nitro benzene ring substituents is 1. The van der Waals surface area contributed by atoms with Gasteiger partial charge < -0.3 is 9.47 Å². The van der Waals surface area contributed by atoms with Gasteiger partial charge in [-0.15, -0.1) is 0 Å². The van der Waals surface area contributed by atoms with E-state index in [9.17, 15) is 19.7 Å². The molecule has 0 aromatic heterocycles. The molecule has 20 heavy (non-hydrogen) atoms. The highest BCUT2D eigenvalue weighted by Gasteiger charge is 2.28. The molecule has 1 atom stereocenters. The molecule has 0 bridgehead atoms. The van der Waals surface area contributed by atoms with E-state index in [-0.39, 0.29) is 24.1 Å². The molecule has 0 heterocycles. The average molecular weight is 281 g/mol. The molecular weight excluding hydrogens is 266 g/mol. The van der Waals surface area contributed by atoms with E-state index in [1.165, 1.54) is 32.4 Å². The van der Waals surface area contributed by atoms with Gasteiger partial charge in [-0.05, 0) is 6.42 Å². The number of carbonyl (C=O) groups excluding carboxylic acids is 2. The summed E-state index contributed by atoms with van der Waals surface area (Å²) in [6.45, 7) is 0. The van der Waals surface area contributed by atoms with Gasteiger partial charge in [-0.1, -0.05) is 18.2 Å². The van der Waals surface area contributed by atoms with E-state index in [0.29, 0.717) is 0 Å². The number of hydrogen-bond acceptors (Lipinski definition) is 6. The number of nitro groups is 1. The predicted molar refractivity (Wildman–Crippen MR) is 69.1 cm³/mol. The molecule has 7 nitrogen and oxygen atoms in total. The van der Waals surface area contributed by atoms with E-state index < -0.39 is 22.8 Å². The first-order valence-corrected chi connectivity index (χ1v) is 5.89. The second-order valence-corrected chi connectivity index (χ2v) is 4.01. The molecule has 0 saturated heterocycles. The summed E-state index contributed by atoms with van der Waals surface area (Å²) in [5.74, 6) is -1.98. The largest absolute Gasteiger partial charge is 0.469 e. The fourth-order valence-electron chi connectivity index (χ4n) is 1.86. The van der Waals surface area contributed by atoms with Crippen molar-refractivity contribution in [1.29, 1.82) is 0 Å². The van der Waals surface area contributed by atoms with Gasteiger partial charge in [-0.3, -0.25) is 19.7 Å². The fourth-order valence-corrected chi connectivity index (χ4v) is 1.86. The Labute approximate surface area is 115 Å². The molecule has 108 valence electrons. The number of benzene rings is 1. The van der Waals surface area contributed by atoms with Crippen molar-refractivity contribution in [2.24, 2.45) is 0 Å². The van der Waals surface area contributed by atoms with Gasteiger partial charge >= 0.3 is 11.9 Å². The third-order valence-electron chi connectivity index (χ3n) is 2.86. The van der Waals surface area contributed by atoms with Crippen LogP contribution in [0.3, 0.4) is 0 Å². The maximum Gasteiger partial charge on any atom is 0.313 e. The van der Waals surface area contributed by atoms with Crippen LogP contribution in [-0.2, 0) is 19.1 Å². The number of esters is 2. The lowest BCUT2D eigenvalue weighted by Crippen LogP contribution is -2.17. The number of para-hydroxylation sites is 1. The van der Waals surface area contributed by atoms with Crippen LogP contribution in [0.15, 0.2) is 24.3 Å². The zero-order valence-electron chi connectivity index (χ0n) is 11.2. The molecule has 0 aliphatic carbocycles. The molecule has 1 aromatic rings. The molecule has 1 rings (SSSR count). The van der Waals surface area contributed by atoms with Gasteiger partial charge in [0.05, 0.1) is 25.1 Å². The van der Waals surface area contributed by atoms with E-state index in [0.717, 1.165) is 0 Å². The molecule has 0 fully saturated rings. The first-order chi connectivity index (χ1) is 9.51. The van der Waals surface area contributed by atoms with Crippen LogP contribution >= 0.6 is 0 Å². The lowest BCUT2D eigenvalue weighted by atomic mass is 9.93. The maximum absolute atomic E-state index is 11.8. The van der Waals surface area contributed by atoms with Gasteiger partial charge in [-0.25, -0.2) is 0 Å². The lowest BCUT2D eigenvalue weighted by Gasteiger charge is -2.14.